The predicted octanol–water partition coefficient (Wildman–Crippen LogP) is 4.12. The zero-order valence-corrected chi connectivity index (χ0v) is 38.2. The number of aliphatic carboxylic acids is 4. The number of benzene rings is 3. The van der Waals surface area contributed by atoms with Crippen LogP contribution in [-0.2, 0) is 33.6 Å². The molecule has 24 heteroatoms. The summed E-state index contributed by atoms with van der Waals surface area (Å²) < 4.78 is 59.3. The maximum absolute atomic E-state index is 13.9. The van der Waals surface area contributed by atoms with Crippen molar-refractivity contribution in [3.63, 3.8) is 0 Å². The van der Waals surface area contributed by atoms with Gasteiger partial charge < -0.3 is 51.7 Å². The maximum Gasteiger partial charge on any atom is 0.343 e. The molecule has 20 nitrogen and oxygen atoms in total. The van der Waals surface area contributed by atoms with E-state index in [0.29, 0.717) is 18.4 Å². The van der Waals surface area contributed by atoms with Gasteiger partial charge >= 0.3 is 29.8 Å². The molecule has 0 spiro atoms. The van der Waals surface area contributed by atoms with Gasteiger partial charge in [0.05, 0.1) is 18.7 Å². The number of hydrogen-bond donors (Lipinski definition) is 9. The van der Waals surface area contributed by atoms with Gasteiger partial charge in [-0.25, -0.2) is 18.4 Å². The van der Waals surface area contributed by atoms with Crippen LogP contribution in [-0.4, -0.2) is 112 Å². The van der Waals surface area contributed by atoms with E-state index in [2.05, 4.69) is 31.3 Å². The molecule has 0 aliphatic rings. The van der Waals surface area contributed by atoms with E-state index in [-0.39, 0.29) is 43.3 Å². The number of nitrogens with one attached hydrogen (secondary N) is 5. The van der Waals surface area contributed by atoms with Crippen LogP contribution in [0.5, 0.6) is 5.75 Å². The summed E-state index contributed by atoms with van der Waals surface area (Å²) in [6.07, 6.45) is 0.0650. The van der Waals surface area contributed by atoms with Crippen LogP contribution in [0.4, 0.5) is 17.6 Å². The lowest BCUT2D eigenvalue weighted by Crippen LogP contribution is -2.52. The zero-order chi connectivity index (χ0) is 52.8. The van der Waals surface area contributed by atoms with Gasteiger partial charge in [-0.15, -0.1) is 0 Å². The minimum absolute atomic E-state index is 0.0111. The molecule has 3 rings (SSSR count). The van der Waals surface area contributed by atoms with E-state index >= 15 is 0 Å². The summed E-state index contributed by atoms with van der Waals surface area (Å²) in [6.45, 7) is 7.73. The molecule has 5 amide bonds. The number of unbranched alkanes of at least 4 members (excludes halogenated alkanes) is 1. The number of amides is 5. The molecule has 0 radical (unpaired) electrons. The molecule has 0 aliphatic heterocycles. The standard InChI is InChI=1S/C37H37F4N5O11.2C3H6O2.C2H6/c1-19-6-4-7-20(14-19)33(51)42-13-3-2-10-26(36(54)55)46-28(48)18-44-35(53)25(11-12-29(49)50)45-27(47)17-43-34(52)21-8-5-9-22(15-21)37(56)57-32-30(40)23(38)16-24(39)31(32)41;2*1-2-3(4)5;1-2/h4-9,14-16,25-26H,2-3,10-13,17-18H2,1H3,(H,42,51)(H,43,52)(H,44,53)(H,45,47)(H,46,48)(H,49,50)(H,54,55);2*2H2,1H3,(H,4,5);1-2H3/t25-,26-;;;/m1.../s1. The third kappa shape index (κ3) is 24.4. The van der Waals surface area contributed by atoms with Crippen molar-refractivity contribution in [2.45, 2.75) is 91.6 Å². The topological polar surface area (TPSA) is 321 Å². The lowest BCUT2D eigenvalue weighted by Gasteiger charge is -2.19. The molecule has 3 aromatic rings. The number of carbonyl (C=O) groups is 10. The van der Waals surface area contributed by atoms with Gasteiger partial charge in [-0.1, -0.05) is 51.5 Å². The second-order valence-electron chi connectivity index (χ2n) is 13.8. The van der Waals surface area contributed by atoms with Gasteiger partial charge in [0.2, 0.25) is 35.1 Å². The minimum atomic E-state index is -1.98. The van der Waals surface area contributed by atoms with E-state index in [0.717, 1.165) is 29.8 Å². The molecule has 9 N–H and O–H groups in total. The fourth-order valence-electron chi connectivity index (χ4n) is 4.98. The Balaban J connectivity index is 0.00000344. The summed E-state index contributed by atoms with van der Waals surface area (Å²) >= 11 is 0. The summed E-state index contributed by atoms with van der Waals surface area (Å²) in [5.41, 5.74) is 0.595. The summed E-state index contributed by atoms with van der Waals surface area (Å²) in [4.78, 5) is 117. The van der Waals surface area contributed by atoms with Crippen molar-refractivity contribution in [2.75, 3.05) is 19.6 Å². The summed E-state index contributed by atoms with van der Waals surface area (Å²) in [6, 6.07) is 8.18. The van der Waals surface area contributed by atoms with E-state index in [1.165, 1.54) is 0 Å². The number of carboxylic acids is 4. The first kappa shape index (κ1) is 61.1. The van der Waals surface area contributed by atoms with E-state index in [1.807, 2.05) is 26.8 Å². The van der Waals surface area contributed by atoms with Gasteiger partial charge in [0.15, 0.2) is 11.6 Å². The van der Waals surface area contributed by atoms with Crippen molar-refractivity contribution in [3.05, 3.63) is 100 Å². The average molecular weight is 982 g/mol. The Morgan fingerprint density at radius 3 is 1.58 bits per heavy atom. The second kappa shape index (κ2) is 32.7. The summed E-state index contributed by atoms with van der Waals surface area (Å²) in [5, 5.41) is 45.6. The fraction of sp³-hybridized carbons (Fsp3) is 0.378. The number of rotatable bonds is 22. The molecule has 2 atom stereocenters. The van der Waals surface area contributed by atoms with E-state index in [1.54, 1.807) is 32.0 Å². The zero-order valence-electron chi connectivity index (χ0n) is 38.2. The Morgan fingerprint density at radius 1 is 0.594 bits per heavy atom. The molecule has 0 saturated heterocycles. The molecule has 0 unspecified atom stereocenters. The molecule has 0 bridgehead atoms. The van der Waals surface area contributed by atoms with Gasteiger partial charge in [0.25, 0.3) is 11.8 Å². The number of carbonyl (C=O) groups excluding carboxylic acids is 6. The van der Waals surface area contributed by atoms with Crippen molar-refractivity contribution in [1.29, 1.82) is 0 Å². The van der Waals surface area contributed by atoms with Gasteiger partial charge in [-0.05, 0) is 62.9 Å². The van der Waals surface area contributed by atoms with Gasteiger partial charge in [0.1, 0.15) is 12.1 Å². The smallest absolute Gasteiger partial charge is 0.343 e. The monoisotopic (exact) mass is 981 g/mol. The highest BCUT2D eigenvalue weighted by molar-refractivity contribution is 6.00. The van der Waals surface area contributed by atoms with Crippen LogP contribution in [0.25, 0.3) is 0 Å². The van der Waals surface area contributed by atoms with E-state index in [9.17, 15) is 70.6 Å². The van der Waals surface area contributed by atoms with Gasteiger partial charge in [-0.2, -0.15) is 8.78 Å². The normalized spacial score (nSPS) is 10.8. The highest BCUT2D eigenvalue weighted by Gasteiger charge is 2.26. The maximum atomic E-state index is 13.9. The van der Waals surface area contributed by atoms with Crippen LogP contribution in [0.15, 0.2) is 54.6 Å². The Labute approximate surface area is 393 Å². The first-order valence-corrected chi connectivity index (χ1v) is 21.0. The van der Waals surface area contributed by atoms with Crippen LogP contribution < -0.4 is 31.3 Å². The molecule has 378 valence electrons. The average Bonchev–Trinajstić information content (AvgIpc) is 3.32. The number of aryl methyl sites for hydroxylation is 1. The van der Waals surface area contributed by atoms with E-state index in [4.69, 9.17) is 15.3 Å². The molecule has 0 saturated carbocycles. The lowest BCUT2D eigenvalue weighted by atomic mass is 10.1. The van der Waals surface area contributed by atoms with Crippen molar-refractivity contribution < 1.29 is 90.7 Å². The van der Waals surface area contributed by atoms with Crippen molar-refractivity contribution in [3.8, 4) is 5.75 Å². The third-order valence-electron chi connectivity index (χ3n) is 8.48. The number of hydrogen-bond acceptors (Lipinski definition) is 11. The number of ether oxygens (including phenoxy) is 1. The van der Waals surface area contributed by atoms with Crippen molar-refractivity contribution in [1.82, 2.24) is 26.6 Å². The van der Waals surface area contributed by atoms with Crippen LogP contribution in [0.1, 0.15) is 109 Å². The number of carboxylic acid groups (broad SMARTS) is 4. The molecule has 0 aromatic heterocycles. The van der Waals surface area contributed by atoms with E-state index < -0.39 is 126 Å². The molecule has 3 aromatic carbocycles. The number of halogens is 4. The second-order valence-corrected chi connectivity index (χ2v) is 13.8. The van der Waals surface area contributed by atoms with Crippen molar-refractivity contribution in [2.24, 2.45) is 0 Å². The predicted molar refractivity (Wildman–Crippen MR) is 236 cm³/mol. The summed E-state index contributed by atoms with van der Waals surface area (Å²) in [5.74, 6) is -19.2. The molecule has 0 fully saturated rings. The van der Waals surface area contributed by atoms with Crippen LogP contribution >= 0.6 is 0 Å². The SMILES string of the molecule is CC.CCC(=O)O.CCC(=O)O.Cc1cccc(C(=O)NCCCC[C@@H](NC(=O)CNC(=O)[C@@H](CCC(=O)O)NC(=O)CNC(=O)c2cccc(C(=O)Oc3c(F)c(F)cc(F)c3F)c2)C(=O)O)c1. The first-order chi connectivity index (χ1) is 32.5. The third-order valence-corrected chi connectivity index (χ3v) is 8.48. The number of esters is 1. The molecule has 0 aliphatic carbocycles. The Hall–Kier alpha value is -7.92. The molecule has 69 heavy (non-hydrogen) atoms. The Bertz CT molecular complexity index is 2240. The largest absolute Gasteiger partial charge is 0.481 e. The lowest BCUT2D eigenvalue weighted by molar-refractivity contribution is -0.142. The Kier molecular flexibility index (Phi) is 28.9. The highest BCUT2D eigenvalue weighted by Crippen LogP contribution is 2.27. The Morgan fingerprint density at radius 2 is 1.07 bits per heavy atom. The van der Waals surface area contributed by atoms with Crippen molar-refractivity contribution >= 4 is 59.4 Å². The molecule has 0 heterocycles. The first-order valence-electron chi connectivity index (χ1n) is 21.0. The van der Waals surface area contributed by atoms with Crippen LogP contribution in [0.3, 0.4) is 0 Å². The molecular weight excluding hydrogens is 927 g/mol. The van der Waals surface area contributed by atoms with Gasteiger partial charge in [0, 0.05) is 43.0 Å². The van der Waals surface area contributed by atoms with Crippen LogP contribution in [0.2, 0.25) is 0 Å². The fourth-order valence-corrected chi connectivity index (χ4v) is 4.98. The molecular formula is C45H55F4N5O15. The summed E-state index contributed by atoms with van der Waals surface area (Å²) in [7, 11) is 0. The van der Waals surface area contributed by atoms with Gasteiger partial charge in [-0.3, -0.25) is 38.4 Å². The quantitative estimate of drug-likeness (QED) is 0.0225. The minimum Gasteiger partial charge on any atom is -0.481 e. The van der Waals surface area contributed by atoms with Crippen LogP contribution in [0, 0.1) is 30.2 Å². The highest BCUT2D eigenvalue weighted by atomic mass is 19.2.